The van der Waals surface area contributed by atoms with Crippen molar-refractivity contribution in [3.63, 3.8) is 0 Å². The Hall–Kier alpha value is -2.50. The highest BCUT2D eigenvalue weighted by atomic mass is 16.7. The lowest BCUT2D eigenvalue weighted by molar-refractivity contribution is 0.0502. The van der Waals surface area contributed by atoms with Crippen molar-refractivity contribution in [1.82, 2.24) is 0 Å². The lowest BCUT2D eigenvalue weighted by Gasteiger charge is -2.15. The molecule has 2 rings (SSSR count). The molecule has 0 fully saturated rings. The highest BCUT2D eigenvalue weighted by molar-refractivity contribution is 6.14. The molecule has 5 heteroatoms. The van der Waals surface area contributed by atoms with Crippen LogP contribution in [-0.2, 0) is 9.47 Å². The minimum absolute atomic E-state index is 0.0226. The fraction of sp³-hybridized carbons (Fsp3) is 0.263. The average Bonchev–Trinajstić information content (AvgIpc) is 2.64. The second kappa shape index (κ2) is 8.38. The molecule has 2 aromatic carbocycles. The summed E-state index contributed by atoms with van der Waals surface area (Å²) in [7, 11) is 3.10. The van der Waals surface area contributed by atoms with E-state index in [-0.39, 0.29) is 18.7 Å². The van der Waals surface area contributed by atoms with Crippen LogP contribution >= 0.6 is 0 Å². The molecule has 0 radical (unpaired) electrons. The summed E-state index contributed by atoms with van der Waals surface area (Å²) in [5, 5.41) is 0. The Morgan fingerprint density at radius 1 is 1.12 bits per heavy atom. The van der Waals surface area contributed by atoms with Crippen molar-refractivity contribution < 1.29 is 23.8 Å². The molecule has 1 unspecified atom stereocenters. The number of ketones is 1. The second-order valence-corrected chi connectivity index (χ2v) is 5.22. The maximum atomic E-state index is 13.0. The maximum absolute atomic E-state index is 13.0. The molecule has 0 amide bonds. The molecule has 0 bridgehead atoms. The molecule has 24 heavy (non-hydrogen) atoms. The lowest BCUT2D eigenvalue weighted by Crippen LogP contribution is -2.10. The van der Waals surface area contributed by atoms with Crippen molar-refractivity contribution in [2.75, 3.05) is 21.0 Å². The number of methoxy groups -OCH3 is 2. The van der Waals surface area contributed by atoms with Crippen LogP contribution in [0.25, 0.3) is 0 Å². The van der Waals surface area contributed by atoms with E-state index in [2.05, 4.69) is 0 Å². The molecule has 0 aliphatic heterocycles. The summed E-state index contributed by atoms with van der Waals surface area (Å²) in [6.45, 7) is 1.91. The largest absolute Gasteiger partial charge is 0.467 e. The van der Waals surface area contributed by atoms with Gasteiger partial charge >= 0.3 is 0 Å². The third kappa shape index (κ3) is 3.88. The number of ether oxygens (including phenoxy) is 3. The fourth-order valence-corrected chi connectivity index (χ4v) is 2.31. The van der Waals surface area contributed by atoms with Crippen molar-refractivity contribution in [3.8, 4) is 5.75 Å². The van der Waals surface area contributed by atoms with Crippen LogP contribution in [-0.4, -0.2) is 33.1 Å². The predicted octanol–water partition coefficient (Wildman–Crippen LogP) is 3.42. The standard InChI is InChI=1S/C19H20O5/c1-13(23-3)14-8-9-18(24-12-22-2)17(10-14)19(21)16-7-5-4-6-15(16)11-20/h4-11,13H,12H2,1-3H3. The summed E-state index contributed by atoms with van der Waals surface area (Å²) in [5.41, 5.74) is 1.87. The number of hydrogen-bond acceptors (Lipinski definition) is 5. The summed E-state index contributed by atoms with van der Waals surface area (Å²) in [4.78, 5) is 24.2. The van der Waals surface area contributed by atoms with E-state index in [9.17, 15) is 9.59 Å². The monoisotopic (exact) mass is 328 g/mol. The number of benzene rings is 2. The van der Waals surface area contributed by atoms with Gasteiger partial charge in [0.25, 0.3) is 0 Å². The van der Waals surface area contributed by atoms with Gasteiger partial charge < -0.3 is 14.2 Å². The van der Waals surface area contributed by atoms with Gasteiger partial charge in [-0.1, -0.05) is 30.3 Å². The molecule has 0 aromatic heterocycles. The molecule has 5 nitrogen and oxygen atoms in total. The van der Waals surface area contributed by atoms with E-state index < -0.39 is 0 Å². The summed E-state index contributed by atoms with van der Waals surface area (Å²) < 4.78 is 15.7. The van der Waals surface area contributed by atoms with Gasteiger partial charge in [0, 0.05) is 25.3 Å². The van der Waals surface area contributed by atoms with Crippen LogP contribution in [0, 0.1) is 0 Å². The van der Waals surface area contributed by atoms with E-state index >= 15 is 0 Å². The Kier molecular flexibility index (Phi) is 6.23. The Morgan fingerprint density at radius 3 is 2.54 bits per heavy atom. The summed E-state index contributed by atoms with van der Waals surface area (Å²) in [6.07, 6.45) is 0.499. The van der Waals surface area contributed by atoms with Crippen molar-refractivity contribution >= 4 is 12.1 Å². The second-order valence-electron chi connectivity index (χ2n) is 5.22. The van der Waals surface area contributed by atoms with E-state index in [1.807, 2.05) is 13.0 Å². The van der Waals surface area contributed by atoms with Gasteiger partial charge in [-0.15, -0.1) is 0 Å². The van der Waals surface area contributed by atoms with Crippen molar-refractivity contribution in [2.24, 2.45) is 0 Å². The zero-order valence-corrected chi connectivity index (χ0v) is 13.9. The first kappa shape index (κ1) is 17.8. The fourth-order valence-electron chi connectivity index (χ4n) is 2.31. The average molecular weight is 328 g/mol. The van der Waals surface area contributed by atoms with Gasteiger partial charge in [0.05, 0.1) is 11.7 Å². The number of carbonyl (C=O) groups is 2. The van der Waals surface area contributed by atoms with Crippen molar-refractivity contribution in [1.29, 1.82) is 0 Å². The third-order valence-corrected chi connectivity index (χ3v) is 3.74. The minimum Gasteiger partial charge on any atom is -0.467 e. The smallest absolute Gasteiger partial charge is 0.197 e. The topological polar surface area (TPSA) is 61.8 Å². The molecule has 0 saturated carbocycles. The number of hydrogen-bond donors (Lipinski definition) is 0. The van der Waals surface area contributed by atoms with Gasteiger partial charge in [-0.05, 0) is 24.6 Å². The molecule has 0 N–H and O–H groups in total. The number of carbonyl (C=O) groups excluding carboxylic acids is 2. The lowest BCUT2D eigenvalue weighted by atomic mass is 9.96. The van der Waals surface area contributed by atoms with Crippen LogP contribution in [0.4, 0.5) is 0 Å². The summed E-state index contributed by atoms with van der Waals surface area (Å²) >= 11 is 0. The van der Waals surface area contributed by atoms with Gasteiger partial charge in [-0.25, -0.2) is 0 Å². The first-order chi connectivity index (χ1) is 11.6. The quantitative estimate of drug-likeness (QED) is 0.422. The van der Waals surface area contributed by atoms with E-state index in [0.29, 0.717) is 28.7 Å². The summed E-state index contributed by atoms with van der Waals surface area (Å²) in [5.74, 6) is 0.114. The predicted molar refractivity (Wildman–Crippen MR) is 89.6 cm³/mol. The van der Waals surface area contributed by atoms with E-state index in [0.717, 1.165) is 5.56 Å². The van der Waals surface area contributed by atoms with Crippen LogP contribution in [0.2, 0.25) is 0 Å². The van der Waals surface area contributed by atoms with Gasteiger partial charge in [-0.3, -0.25) is 9.59 Å². The van der Waals surface area contributed by atoms with Crippen LogP contribution < -0.4 is 4.74 Å². The molecular weight excluding hydrogens is 308 g/mol. The molecular formula is C19H20O5. The van der Waals surface area contributed by atoms with Gasteiger partial charge in [-0.2, -0.15) is 0 Å². The maximum Gasteiger partial charge on any atom is 0.197 e. The van der Waals surface area contributed by atoms with Crippen molar-refractivity contribution in [3.05, 3.63) is 64.7 Å². The molecule has 1 atom stereocenters. The van der Waals surface area contributed by atoms with E-state index in [1.165, 1.54) is 7.11 Å². The van der Waals surface area contributed by atoms with Crippen LogP contribution in [0.5, 0.6) is 5.75 Å². The van der Waals surface area contributed by atoms with Crippen LogP contribution in [0.15, 0.2) is 42.5 Å². The first-order valence-electron chi connectivity index (χ1n) is 7.49. The summed E-state index contributed by atoms with van der Waals surface area (Å²) in [6, 6.07) is 11.9. The van der Waals surface area contributed by atoms with Crippen LogP contribution in [0.1, 0.15) is 44.9 Å². The highest BCUT2D eigenvalue weighted by Gasteiger charge is 2.19. The highest BCUT2D eigenvalue weighted by Crippen LogP contribution is 2.28. The van der Waals surface area contributed by atoms with Gasteiger partial charge in [0.15, 0.2) is 18.9 Å². The molecule has 0 heterocycles. The number of rotatable bonds is 8. The third-order valence-electron chi connectivity index (χ3n) is 3.74. The molecule has 0 aliphatic carbocycles. The number of aldehydes is 1. The SMILES string of the molecule is COCOc1ccc(C(C)OC)cc1C(=O)c1ccccc1C=O. The van der Waals surface area contributed by atoms with E-state index in [1.54, 1.807) is 43.5 Å². The molecule has 0 saturated heterocycles. The van der Waals surface area contributed by atoms with Gasteiger partial charge in [0.2, 0.25) is 0 Å². The Balaban J connectivity index is 2.51. The van der Waals surface area contributed by atoms with Crippen LogP contribution in [0.3, 0.4) is 0 Å². The Bertz CT molecular complexity index is 723. The van der Waals surface area contributed by atoms with E-state index in [4.69, 9.17) is 14.2 Å². The van der Waals surface area contributed by atoms with Crippen molar-refractivity contribution in [2.45, 2.75) is 13.0 Å². The molecule has 0 spiro atoms. The molecule has 126 valence electrons. The molecule has 0 aliphatic rings. The first-order valence-corrected chi connectivity index (χ1v) is 7.49. The Morgan fingerprint density at radius 2 is 1.88 bits per heavy atom. The zero-order valence-electron chi connectivity index (χ0n) is 13.9. The minimum atomic E-state index is -0.283. The Labute approximate surface area is 141 Å². The normalized spacial score (nSPS) is 11.8. The molecule has 2 aromatic rings. The zero-order chi connectivity index (χ0) is 17.5. The van der Waals surface area contributed by atoms with Gasteiger partial charge in [0.1, 0.15) is 5.75 Å².